The van der Waals surface area contributed by atoms with Gasteiger partial charge in [-0.2, -0.15) is 0 Å². The summed E-state index contributed by atoms with van der Waals surface area (Å²) < 4.78 is 0. The molecule has 5 aliphatic rings. The Morgan fingerprint density at radius 1 is 0.960 bits per heavy atom. The summed E-state index contributed by atoms with van der Waals surface area (Å²) in [7, 11) is 0. The molecule has 0 amide bonds. The average molecular weight is 337 g/mol. The van der Waals surface area contributed by atoms with E-state index in [0.717, 1.165) is 23.2 Å². The quantitative estimate of drug-likeness (QED) is 0.548. The third-order valence-electron chi connectivity index (χ3n) is 8.41. The van der Waals surface area contributed by atoms with Gasteiger partial charge in [0.1, 0.15) is 0 Å². The van der Waals surface area contributed by atoms with Crippen LogP contribution in [-0.4, -0.2) is 4.98 Å². The van der Waals surface area contributed by atoms with Crippen LogP contribution >= 0.6 is 0 Å². The van der Waals surface area contributed by atoms with Crippen LogP contribution in [0, 0.1) is 34.5 Å². The van der Waals surface area contributed by atoms with Gasteiger partial charge in [0.25, 0.3) is 0 Å². The molecular weight excluding hydrogens is 302 g/mol. The Bertz CT molecular complexity index is 564. The van der Waals surface area contributed by atoms with Gasteiger partial charge in [0.15, 0.2) is 0 Å². The van der Waals surface area contributed by atoms with E-state index in [2.05, 4.69) is 24.0 Å². The molecule has 1 heterocycles. The molecule has 0 aromatic carbocycles. The zero-order valence-electron chi connectivity index (χ0n) is 16.0. The molecule has 25 heavy (non-hydrogen) atoms. The summed E-state index contributed by atoms with van der Waals surface area (Å²) in [5.41, 5.74) is 2.88. The van der Waals surface area contributed by atoms with Crippen molar-refractivity contribution in [3.8, 4) is 0 Å². The van der Waals surface area contributed by atoms with Crippen LogP contribution in [0.15, 0.2) is 24.5 Å². The molecule has 0 aliphatic heterocycles. The van der Waals surface area contributed by atoms with Gasteiger partial charge >= 0.3 is 0 Å². The second-order valence-electron chi connectivity index (χ2n) is 10.3. The molecule has 4 bridgehead atoms. The van der Waals surface area contributed by atoms with E-state index in [4.69, 9.17) is 0 Å². The summed E-state index contributed by atoms with van der Waals surface area (Å²) in [5, 5.41) is 0. The van der Waals surface area contributed by atoms with Gasteiger partial charge in [0, 0.05) is 18.3 Å². The first kappa shape index (κ1) is 16.3. The standard InChI is InChI=1S/C24H34N/c1-2-21(22-3-9-25-10-4-22)17-23(5-6-23)7-8-24-14-18-11-19(15-24)13-20(12-18)16-24/h3-4,9-10,18-20H,2,5-8,11-17H2,1H3. The van der Waals surface area contributed by atoms with Crippen molar-refractivity contribution in [3.05, 3.63) is 36.0 Å². The van der Waals surface area contributed by atoms with E-state index in [0.29, 0.717) is 5.41 Å². The molecule has 1 radical (unpaired) electrons. The van der Waals surface area contributed by atoms with Crippen molar-refractivity contribution < 1.29 is 0 Å². The molecule has 0 spiro atoms. The molecule has 1 heteroatoms. The van der Waals surface area contributed by atoms with Crippen LogP contribution < -0.4 is 0 Å². The molecule has 5 aliphatic carbocycles. The summed E-state index contributed by atoms with van der Waals surface area (Å²) in [6, 6.07) is 4.43. The average Bonchev–Trinajstić information content (AvgIpc) is 3.38. The largest absolute Gasteiger partial charge is 0.265 e. The summed E-state index contributed by atoms with van der Waals surface area (Å²) >= 11 is 0. The first-order chi connectivity index (χ1) is 12.2. The van der Waals surface area contributed by atoms with Crippen molar-refractivity contribution in [2.75, 3.05) is 0 Å². The fraction of sp³-hybridized carbons (Fsp3) is 0.750. The maximum Gasteiger partial charge on any atom is 0.0270 e. The van der Waals surface area contributed by atoms with E-state index in [9.17, 15) is 0 Å². The second-order valence-corrected chi connectivity index (χ2v) is 10.3. The lowest BCUT2D eigenvalue weighted by Gasteiger charge is -2.57. The number of aromatic nitrogens is 1. The molecule has 1 aromatic rings. The lowest BCUT2D eigenvalue weighted by molar-refractivity contribution is -0.0607. The van der Waals surface area contributed by atoms with E-state index in [1.807, 2.05) is 12.4 Å². The smallest absolute Gasteiger partial charge is 0.0270 e. The number of hydrogen-bond donors (Lipinski definition) is 0. The Morgan fingerprint density at radius 3 is 2.08 bits per heavy atom. The predicted octanol–water partition coefficient (Wildman–Crippen LogP) is 6.58. The number of pyridine rings is 1. The van der Waals surface area contributed by atoms with Crippen LogP contribution in [0.3, 0.4) is 0 Å². The molecule has 0 N–H and O–H groups in total. The van der Waals surface area contributed by atoms with Crippen molar-refractivity contribution in [2.45, 2.75) is 84.0 Å². The Kier molecular flexibility index (Phi) is 3.99. The third kappa shape index (κ3) is 3.17. The fourth-order valence-corrected chi connectivity index (χ4v) is 7.29. The monoisotopic (exact) mass is 336 g/mol. The molecule has 1 nitrogen and oxygen atoms in total. The Balaban J connectivity index is 1.24. The minimum Gasteiger partial charge on any atom is -0.265 e. The van der Waals surface area contributed by atoms with Gasteiger partial charge in [-0.1, -0.05) is 6.92 Å². The highest BCUT2D eigenvalue weighted by Crippen LogP contribution is 2.64. The van der Waals surface area contributed by atoms with E-state index >= 15 is 0 Å². The van der Waals surface area contributed by atoms with Gasteiger partial charge in [-0.05, 0) is 123 Å². The molecule has 1 aromatic heterocycles. The van der Waals surface area contributed by atoms with Gasteiger partial charge in [0.2, 0.25) is 0 Å². The molecule has 5 saturated carbocycles. The maximum atomic E-state index is 4.20. The number of hydrogen-bond acceptors (Lipinski definition) is 1. The molecule has 0 unspecified atom stereocenters. The summed E-state index contributed by atoms with van der Waals surface area (Å²) in [6.45, 7) is 2.34. The van der Waals surface area contributed by atoms with Crippen LogP contribution in [0.2, 0.25) is 0 Å². The third-order valence-corrected chi connectivity index (χ3v) is 8.41. The highest BCUT2D eigenvalue weighted by Gasteiger charge is 2.52. The minimum absolute atomic E-state index is 0.665. The first-order valence-corrected chi connectivity index (χ1v) is 10.9. The number of rotatable bonds is 7. The topological polar surface area (TPSA) is 12.9 Å². The lowest BCUT2D eigenvalue weighted by Crippen LogP contribution is -2.46. The van der Waals surface area contributed by atoms with Gasteiger partial charge in [-0.25, -0.2) is 0 Å². The van der Waals surface area contributed by atoms with E-state index < -0.39 is 0 Å². The van der Waals surface area contributed by atoms with Gasteiger partial charge in [0.05, 0.1) is 0 Å². The second kappa shape index (κ2) is 6.10. The fourth-order valence-electron chi connectivity index (χ4n) is 7.29. The van der Waals surface area contributed by atoms with Gasteiger partial charge in [-0.15, -0.1) is 0 Å². The van der Waals surface area contributed by atoms with Crippen molar-refractivity contribution in [1.82, 2.24) is 4.98 Å². The van der Waals surface area contributed by atoms with Crippen molar-refractivity contribution in [1.29, 1.82) is 0 Å². The molecule has 0 saturated heterocycles. The molecule has 6 rings (SSSR count). The van der Waals surface area contributed by atoms with Crippen molar-refractivity contribution in [2.24, 2.45) is 28.6 Å². The van der Waals surface area contributed by atoms with Crippen LogP contribution in [0.25, 0.3) is 0 Å². The Morgan fingerprint density at radius 2 is 1.56 bits per heavy atom. The highest BCUT2D eigenvalue weighted by atomic mass is 14.6. The SMILES string of the molecule is CC[C](CC1(CCC23CC4CC(CC(C4)C2)C3)CC1)c1ccncc1. The van der Waals surface area contributed by atoms with Crippen LogP contribution in [-0.2, 0) is 0 Å². The minimum atomic E-state index is 0.665. The van der Waals surface area contributed by atoms with Crippen LogP contribution in [0.4, 0.5) is 0 Å². The zero-order chi connectivity index (χ0) is 16.9. The Labute approximate surface area is 154 Å². The number of nitrogens with zero attached hydrogens (tertiary/aromatic N) is 1. The van der Waals surface area contributed by atoms with E-state index in [-0.39, 0.29) is 0 Å². The molecular formula is C24H34N. The predicted molar refractivity (Wildman–Crippen MR) is 103 cm³/mol. The van der Waals surface area contributed by atoms with Crippen molar-refractivity contribution in [3.63, 3.8) is 0 Å². The highest BCUT2D eigenvalue weighted by molar-refractivity contribution is 5.29. The normalized spacial score (nSPS) is 37.6. The lowest BCUT2D eigenvalue weighted by atomic mass is 9.48. The zero-order valence-corrected chi connectivity index (χ0v) is 16.0. The summed E-state index contributed by atoms with van der Waals surface area (Å²) in [4.78, 5) is 4.20. The maximum absolute atomic E-state index is 4.20. The Hall–Kier alpha value is -0.850. The summed E-state index contributed by atoms with van der Waals surface area (Å²) in [5.74, 6) is 4.99. The van der Waals surface area contributed by atoms with Crippen LogP contribution in [0.1, 0.15) is 89.5 Å². The van der Waals surface area contributed by atoms with Crippen LogP contribution in [0.5, 0.6) is 0 Å². The van der Waals surface area contributed by atoms with E-state index in [1.54, 1.807) is 50.9 Å². The van der Waals surface area contributed by atoms with E-state index in [1.165, 1.54) is 37.7 Å². The first-order valence-electron chi connectivity index (χ1n) is 10.9. The van der Waals surface area contributed by atoms with Gasteiger partial charge < -0.3 is 0 Å². The molecule has 135 valence electrons. The summed E-state index contributed by atoms with van der Waals surface area (Å²) in [6.07, 6.45) is 22.0. The molecule has 5 fully saturated rings. The van der Waals surface area contributed by atoms with Crippen molar-refractivity contribution >= 4 is 0 Å². The molecule has 0 atom stereocenters. The van der Waals surface area contributed by atoms with Gasteiger partial charge in [-0.3, -0.25) is 4.98 Å².